The maximum absolute atomic E-state index is 12.2. The first kappa shape index (κ1) is 15.1. The van der Waals surface area contributed by atoms with Crippen LogP contribution in [0.25, 0.3) is 0 Å². The summed E-state index contributed by atoms with van der Waals surface area (Å²) in [6, 6.07) is 8.09. The third-order valence-electron chi connectivity index (χ3n) is 2.42. The number of pyridine rings is 1. The third kappa shape index (κ3) is 3.83. The van der Waals surface area contributed by atoms with E-state index in [9.17, 15) is 13.2 Å². The average Bonchev–Trinajstić information content (AvgIpc) is 2.40. The zero-order chi connectivity index (χ0) is 15.5. The van der Waals surface area contributed by atoms with Gasteiger partial charge in [0.2, 0.25) is 0 Å². The highest BCUT2D eigenvalue weighted by Gasteiger charge is 2.18. The van der Waals surface area contributed by atoms with Crippen molar-refractivity contribution in [2.75, 3.05) is 10.0 Å². The molecule has 7 nitrogen and oxygen atoms in total. The Labute approximate surface area is 126 Å². The molecule has 0 atom stereocenters. The van der Waals surface area contributed by atoms with Crippen LogP contribution in [0.15, 0.2) is 47.5 Å². The van der Waals surface area contributed by atoms with Gasteiger partial charge in [-0.05, 0) is 36.4 Å². The van der Waals surface area contributed by atoms with Gasteiger partial charge in [0.25, 0.3) is 10.0 Å². The van der Waals surface area contributed by atoms with Crippen LogP contribution in [0.4, 0.5) is 16.2 Å². The smallest absolute Gasteiger partial charge is 0.316 e. The van der Waals surface area contributed by atoms with Gasteiger partial charge in [0.05, 0.1) is 0 Å². The van der Waals surface area contributed by atoms with Gasteiger partial charge in [-0.15, -0.1) is 0 Å². The Morgan fingerprint density at radius 3 is 2.33 bits per heavy atom. The lowest BCUT2D eigenvalue weighted by molar-refractivity contribution is 0.259. The van der Waals surface area contributed by atoms with E-state index in [-0.39, 0.29) is 10.0 Å². The molecule has 0 aliphatic rings. The van der Waals surface area contributed by atoms with Crippen LogP contribution in [-0.4, -0.2) is 19.4 Å². The summed E-state index contributed by atoms with van der Waals surface area (Å²) >= 11 is 5.77. The summed E-state index contributed by atoms with van der Waals surface area (Å²) in [6.07, 6.45) is 1.39. The second-order valence-electron chi connectivity index (χ2n) is 3.96. The second-order valence-corrected chi connectivity index (χ2v) is 5.97. The molecule has 2 amide bonds. The molecule has 0 radical (unpaired) electrons. The van der Waals surface area contributed by atoms with Crippen molar-refractivity contribution in [3.05, 3.63) is 47.7 Å². The topological polar surface area (TPSA) is 114 Å². The van der Waals surface area contributed by atoms with Crippen molar-refractivity contribution in [1.29, 1.82) is 0 Å². The summed E-state index contributed by atoms with van der Waals surface area (Å²) in [6.45, 7) is 0. The van der Waals surface area contributed by atoms with Crippen molar-refractivity contribution in [1.82, 2.24) is 4.98 Å². The molecule has 9 heteroatoms. The van der Waals surface area contributed by atoms with Gasteiger partial charge < -0.3 is 11.1 Å². The highest BCUT2D eigenvalue weighted by atomic mass is 35.5. The molecule has 4 N–H and O–H groups in total. The normalized spacial score (nSPS) is 10.9. The van der Waals surface area contributed by atoms with Crippen LogP contribution < -0.4 is 15.8 Å². The Balaban J connectivity index is 2.21. The summed E-state index contributed by atoms with van der Waals surface area (Å²) in [4.78, 5) is 14.3. The van der Waals surface area contributed by atoms with Gasteiger partial charge in [-0.1, -0.05) is 11.6 Å². The molecule has 2 aromatic rings. The minimum absolute atomic E-state index is 0.114. The Morgan fingerprint density at radius 2 is 1.76 bits per heavy atom. The fraction of sp³-hybridized carbons (Fsp3) is 0. The number of hydrogen-bond acceptors (Lipinski definition) is 4. The number of benzene rings is 1. The molecule has 110 valence electrons. The fourth-order valence-electron chi connectivity index (χ4n) is 1.55. The van der Waals surface area contributed by atoms with E-state index in [1.165, 1.54) is 42.6 Å². The number of nitrogens with one attached hydrogen (secondary N) is 2. The van der Waals surface area contributed by atoms with E-state index >= 15 is 0 Å². The van der Waals surface area contributed by atoms with E-state index in [0.717, 1.165) is 0 Å². The van der Waals surface area contributed by atoms with Crippen LogP contribution in [0.3, 0.4) is 0 Å². The SMILES string of the molecule is NC(=O)Nc1ccc(NS(=O)(=O)c2cccnc2Cl)cc1. The van der Waals surface area contributed by atoms with Crippen LogP contribution in [0.2, 0.25) is 5.15 Å². The first-order valence-corrected chi connectivity index (χ1v) is 7.54. The van der Waals surface area contributed by atoms with Gasteiger partial charge in [0.15, 0.2) is 0 Å². The van der Waals surface area contributed by atoms with Crippen LogP contribution in [0.5, 0.6) is 0 Å². The number of urea groups is 1. The first-order valence-electron chi connectivity index (χ1n) is 5.68. The van der Waals surface area contributed by atoms with Gasteiger partial charge in [-0.2, -0.15) is 0 Å². The molecule has 0 aliphatic heterocycles. The zero-order valence-corrected chi connectivity index (χ0v) is 12.1. The number of carbonyl (C=O) groups is 1. The minimum Gasteiger partial charge on any atom is -0.351 e. The quantitative estimate of drug-likeness (QED) is 0.746. The number of hydrogen-bond donors (Lipinski definition) is 3. The fourth-order valence-corrected chi connectivity index (χ4v) is 3.06. The highest BCUT2D eigenvalue weighted by molar-refractivity contribution is 7.92. The maximum atomic E-state index is 12.2. The number of carbonyl (C=O) groups excluding carboxylic acids is 1. The molecule has 0 aliphatic carbocycles. The van der Waals surface area contributed by atoms with Crippen LogP contribution in [0.1, 0.15) is 0 Å². The van der Waals surface area contributed by atoms with Crippen molar-refractivity contribution < 1.29 is 13.2 Å². The Bertz CT molecular complexity index is 762. The predicted molar refractivity (Wildman–Crippen MR) is 79.7 cm³/mol. The lowest BCUT2D eigenvalue weighted by atomic mass is 10.3. The number of primary amides is 1. The molecular weight excluding hydrogens is 316 g/mol. The Morgan fingerprint density at radius 1 is 1.14 bits per heavy atom. The summed E-state index contributed by atoms with van der Waals surface area (Å²) in [5.74, 6) is 0. The number of nitrogens with zero attached hydrogens (tertiary/aromatic N) is 1. The van der Waals surface area contributed by atoms with Crippen LogP contribution >= 0.6 is 11.6 Å². The van der Waals surface area contributed by atoms with Crippen LogP contribution in [0, 0.1) is 0 Å². The number of sulfonamides is 1. The first-order chi connectivity index (χ1) is 9.88. The van der Waals surface area contributed by atoms with Crippen molar-refractivity contribution in [2.24, 2.45) is 5.73 Å². The van der Waals surface area contributed by atoms with E-state index in [1.807, 2.05) is 0 Å². The van der Waals surface area contributed by atoms with E-state index in [2.05, 4.69) is 15.0 Å². The van der Waals surface area contributed by atoms with Gasteiger partial charge >= 0.3 is 6.03 Å². The molecule has 21 heavy (non-hydrogen) atoms. The average molecular weight is 327 g/mol. The van der Waals surface area contributed by atoms with Crippen molar-refractivity contribution in [3.8, 4) is 0 Å². The summed E-state index contributed by atoms with van der Waals surface area (Å²) in [5.41, 5.74) is 5.73. The van der Waals surface area contributed by atoms with Crippen LogP contribution in [-0.2, 0) is 10.0 Å². The summed E-state index contributed by atoms with van der Waals surface area (Å²) < 4.78 is 26.7. The molecule has 1 heterocycles. The Kier molecular flexibility index (Phi) is 4.29. The van der Waals surface area contributed by atoms with E-state index in [4.69, 9.17) is 17.3 Å². The zero-order valence-electron chi connectivity index (χ0n) is 10.6. The molecule has 1 aromatic heterocycles. The van der Waals surface area contributed by atoms with Gasteiger partial charge in [-0.25, -0.2) is 18.2 Å². The van der Waals surface area contributed by atoms with Gasteiger partial charge in [-0.3, -0.25) is 4.72 Å². The van der Waals surface area contributed by atoms with E-state index in [1.54, 1.807) is 0 Å². The molecule has 0 fully saturated rings. The highest BCUT2D eigenvalue weighted by Crippen LogP contribution is 2.22. The monoisotopic (exact) mass is 326 g/mol. The Hall–Kier alpha value is -2.32. The molecule has 2 rings (SSSR count). The predicted octanol–water partition coefficient (Wildman–Crippen LogP) is 2.03. The van der Waals surface area contributed by atoms with Crippen molar-refractivity contribution in [2.45, 2.75) is 4.90 Å². The molecule has 0 bridgehead atoms. The number of anilines is 2. The molecular formula is C12H11ClN4O3S. The number of aromatic nitrogens is 1. The van der Waals surface area contributed by atoms with E-state index in [0.29, 0.717) is 11.4 Å². The third-order valence-corrected chi connectivity index (χ3v) is 4.25. The standard InChI is InChI=1S/C12H11ClN4O3S/c13-11-10(2-1-7-15-11)21(19,20)17-9-5-3-8(4-6-9)16-12(14)18/h1-7,17H,(H3,14,16,18). The lowest BCUT2D eigenvalue weighted by Crippen LogP contribution is -2.19. The molecule has 0 saturated heterocycles. The maximum Gasteiger partial charge on any atom is 0.316 e. The molecule has 0 spiro atoms. The lowest BCUT2D eigenvalue weighted by Gasteiger charge is -2.09. The molecule has 0 unspecified atom stereocenters. The number of amides is 2. The van der Waals surface area contributed by atoms with Gasteiger partial charge in [0.1, 0.15) is 10.0 Å². The van der Waals surface area contributed by atoms with E-state index < -0.39 is 16.1 Å². The largest absolute Gasteiger partial charge is 0.351 e. The number of rotatable bonds is 4. The van der Waals surface area contributed by atoms with Crippen molar-refractivity contribution >= 4 is 39.0 Å². The van der Waals surface area contributed by atoms with Gasteiger partial charge in [0, 0.05) is 17.6 Å². The number of nitrogens with two attached hydrogens (primary N) is 1. The summed E-state index contributed by atoms with van der Waals surface area (Å²) in [5, 5.41) is 2.25. The molecule has 0 saturated carbocycles. The van der Waals surface area contributed by atoms with Crippen molar-refractivity contribution in [3.63, 3.8) is 0 Å². The second kappa shape index (κ2) is 5.98. The number of halogens is 1. The summed E-state index contributed by atoms with van der Waals surface area (Å²) in [7, 11) is -3.84. The minimum atomic E-state index is -3.84. The molecule has 1 aromatic carbocycles.